The smallest absolute Gasteiger partial charge is 0.344 e. The minimum Gasteiger partial charge on any atom is -0.465 e. The summed E-state index contributed by atoms with van der Waals surface area (Å²) in [7, 11) is -3.70. The Hall–Kier alpha value is -1.32. The second-order valence-corrected chi connectivity index (χ2v) is 3.06. The molecule has 1 aromatic heterocycles. The lowest BCUT2D eigenvalue weighted by atomic mass is 10.3. The van der Waals surface area contributed by atoms with Gasteiger partial charge in [0, 0.05) is 10.9 Å². The lowest BCUT2D eigenvalue weighted by molar-refractivity contribution is -2.00. The molecule has 0 atom stereocenters. The molecule has 0 saturated carbocycles. The maximum Gasteiger partial charge on any atom is 0.344 e. The molecule has 0 bridgehead atoms. The highest BCUT2D eigenvalue weighted by molar-refractivity contribution is 5.88. The molecule has 0 saturated heterocycles. The Balaban J connectivity index is 0.000000385. The van der Waals surface area contributed by atoms with Gasteiger partial charge in [-0.05, 0) is 6.07 Å². The van der Waals surface area contributed by atoms with E-state index in [1.165, 1.54) is 25.4 Å². The number of halogens is 2. The van der Waals surface area contributed by atoms with Gasteiger partial charge in [-0.1, -0.05) is 0 Å². The summed E-state index contributed by atoms with van der Waals surface area (Å²) in [5.74, 6) is -0.544. The van der Waals surface area contributed by atoms with Crippen LogP contribution in [0.3, 0.4) is 0 Å². The summed E-state index contributed by atoms with van der Waals surface area (Å²) in [6, 6.07) is 2.90. The average molecular weight is 256 g/mol. The Kier molecular flexibility index (Phi) is 5.78. The van der Waals surface area contributed by atoms with Crippen molar-refractivity contribution in [3.05, 3.63) is 30.1 Å². The third-order valence-electron chi connectivity index (χ3n) is 1.19. The monoisotopic (exact) mass is 255 g/mol. The molecule has 0 amide bonds. The summed E-state index contributed by atoms with van der Waals surface area (Å²) in [6.07, 6.45) is 2.23. The van der Waals surface area contributed by atoms with Gasteiger partial charge in [0.05, 0.1) is 11.6 Å². The topological polar surface area (TPSA) is 122 Å². The number of hydrogen-bond acceptors (Lipinski definition) is 6. The third-order valence-corrected chi connectivity index (χ3v) is 1.19. The van der Waals surface area contributed by atoms with Crippen molar-refractivity contribution in [3.63, 3.8) is 0 Å². The van der Waals surface area contributed by atoms with Crippen molar-refractivity contribution in [1.82, 2.24) is 0 Å². The molecule has 90 valence electrons. The number of rotatable bonds is 1. The maximum atomic E-state index is 12.4. The normalized spacial score (nSPS) is 10.1. The van der Waals surface area contributed by atoms with Gasteiger partial charge in [-0.15, -0.1) is 10.2 Å². The predicted octanol–water partition coefficient (Wildman–Crippen LogP) is -4.26. The molecule has 1 rings (SSSR count). The van der Waals surface area contributed by atoms with Gasteiger partial charge in [-0.3, -0.25) is 0 Å². The first-order chi connectivity index (χ1) is 7.24. The summed E-state index contributed by atoms with van der Waals surface area (Å²) < 4.78 is 50.7. The minimum atomic E-state index is -4.94. The van der Waals surface area contributed by atoms with Crippen LogP contribution < -0.4 is 23.4 Å². The van der Waals surface area contributed by atoms with E-state index in [1.807, 2.05) is 0 Å². The Morgan fingerprint density at radius 2 is 1.94 bits per heavy atom. The largest absolute Gasteiger partial charge is 0.465 e. The number of pyridine rings is 1. The Morgan fingerprint density at radius 1 is 1.44 bits per heavy atom. The van der Waals surface area contributed by atoms with Gasteiger partial charge >= 0.3 is 5.97 Å². The van der Waals surface area contributed by atoms with Gasteiger partial charge in [0.2, 0.25) is 12.4 Å². The predicted molar refractivity (Wildman–Crippen MR) is 34.5 cm³/mol. The molecule has 1 heterocycles. The molecule has 16 heavy (non-hydrogen) atoms. The molecule has 0 unspecified atom stereocenters. The Bertz CT molecular complexity index is 349. The zero-order valence-electron chi connectivity index (χ0n) is 7.96. The first-order valence-corrected chi connectivity index (χ1v) is 4.85. The van der Waals surface area contributed by atoms with E-state index in [-0.39, 0.29) is 5.56 Å². The first kappa shape index (κ1) is 14.7. The number of methoxy groups -OCH3 is 1. The van der Waals surface area contributed by atoms with Gasteiger partial charge < -0.3 is 4.74 Å². The average Bonchev–Trinajstić information content (AvgIpc) is 2.14. The van der Waals surface area contributed by atoms with Crippen LogP contribution in [0, 0.1) is 10.2 Å². The van der Waals surface area contributed by atoms with Gasteiger partial charge in [0.25, 0.3) is 0 Å². The van der Waals surface area contributed by atoms with E-state index in [2.05, 4.69) is 4.74 Å². The number of carbonyl (C=O) groups is 1. The van der Waals surface area contributed by atoms with Gasteiger partial charge in [-0.25, -0.2) is 23.4 Å². The number of carbonyl (C=O) groups excluding carboxylic acids is 1. The van der Waals surface area contributed by atoms with Crippen molar-refractivity contribution in [2.45, 2.75) is 0 Å². The lowest BCUT2D eigenvalue weighted by Gasteiger charge is -2.17. The zero-order chi connectivity index (χ0) is 12.8. The summed E-state index contributed by atoms with van der Waals surface area (Å²) in [5, 5.41) is 0. The van der Waals surface area contributed by atoms with Crippen LogP contribution >= 0.6 is 0 Å². The van der Waals surface area contributed by atoms with Crippen LogP contribution in [-0.2, 0) is 4.74 Å². The van der Waals surface area contributed by atoms with Crippen molar-refractivity contribution in [3.8, 4) is 0 Å². The zero-order valence-corrected chi connectivity index (χ0v) is 8.72. The van der Waals surface area contributed by atoms with Gasteiger partial charge in [-0.2, -0.15) is 0 Å². The number of aromatic nitrogens is 1. The SMILES string of the molecule is COC(=O)c1ccc[n+](F)c1.[O-][Cl+3]([O-])([O-])[O-]. The molecule has 0 aromatic carbocycles. The molecule has 0 fully saturated rings. The standard InChI is InChI=1S/C7H7FNO2.ClHO4/c1-11-7(10)6-3-2-4-9(8)5-6;2-1(3,4)5/h2-5H,1H3;(H,2,3,4,5)/q+1;/p-1. The number of ether oxygens (including phenoxy) is 1. The number of esters is 1. The highest BCUT2D eigenvalue weighted by Crippen LogP contribution is 1.95. The molecule has 0 N–H and O–H groups in total. The summed E-state index contributed by atoms with van der Waals surface area (Å²) in [5.41, 5.74) is 0.192. The van der Waals surface area contributed by atoms with Crippen LogP contribution in [0.25, 0.3) is 0 Å². The van der Waals surface area contributed by atoms with Crippen molar-refractivity contribution in [2.75, 3.05) is 7.11 Å². The second kappa shape index (κ2) is 6.30. The van der Waals surface area contributed by atoms with Gasteiger partial charge in [0.1, 0.15) is 5.56 Å². The molecular weight excluding hydrogens is 249 g/mol. The van der Waals surface area contributed by atoms with E-state index < -0.39 is 16.2 Å². The van der Waals surface area contributed by atoms with Crippen LogP contribution in [-0.4, -0.2) is 13.1 Å². The van der Waals surface area contributed by atoms with Crippen LogP contribution in [0.15, 0.2) is 24.5 Å². The van der Waals surface area contributed by atoms with Gasteiger partial charge in [0.15, 0.2) is 0 Å². The first-order valence-electron chi connectivity index (χ1n) is 3.61. The summed E-state index contributed by atoms with van der Waals surface area (Å²) in [6.45, 7) is 0. The van der Waals surface area contributed by atoms with Crippen molar-refractivity contribution >= 4 is 5.97 Å². The van der Waals surface area contributed by atoms with Crippen LogP contribution in [0.4, 0.5) is 4.48 Å². The molecule has 1 aromatic rings. The summed E-state index contributed by atoms with van der Waals surface area (Å²) in [4.78, 5) is 11.1. The molecule has 0 aliphatic carbocycles. The molecule has 0 spiro atoms. The fourth-order valence-corrected chi connectivity index (χ4v) is 0.686. The van der Waals surface area contributed by atoms with Crippen LogP contribution in [0.2, 0.25) is 0 Å². The number of nitrogens with zero attached hydrogens (tertiary/aromatic N) is 1. The van der Waals surface area contributed by atoms with E-state index in [0.717, 1.165) is 6.20 Å². The fourth-order valence-electron chi connectivity index (χ4n) is 0.686. The quantitative estimate of drug-likeness (QED) is 0.468. The van der Waals surface area contributed by atoms with E-state index in [4.69, 9.17) is 18.6 Å². The highest BCUT2D eigenvalue weighted by atomic mass is 35.7. The lowest BCUT2D eigenvalue weighted by Crippen LogP contribution is -2.68. The third kappa shape index (κ3) is 8.03. The highest BCUT2D eigenvalue weighted by Gasteiger charge is 2.09. The van der Waals surface area contributed by atoms with Crippen molar-refractivity contribution in [1.29, 1.82) is 0 Å². The van der Waals surface area contributed by atoms with Crippen molar-refractivity contribution in [2.24, 2.45) is 0 Å². The Labute approximate surface area is 91.6 Å². The number of hydrogen-bond donors (Lipinski definition) is 0. The second-order valence-electron chi connectivity index (χ2n) is 2.31. The van der Waals surface area contributed by atoms with Crippen LogP contribution in [0.1, 0.15) is 10.4 Å². The minimum absolute atomic E-state index is 0.192. The molecule has 7 nitrogen and oxygen atoms in total. The Morgan fingerprint density at radius 3 is 2.31 bits per heavy atom. The molecular formula is C7H7ClFNO6. The molecule has 0 aliphatic heterocycles. The molecule has 0 radical (unpaired) electrons. The van der Waals surface area contributed by atoms with E-state index in [9.17, 15) is 9.28 Å². The van der Waals surface area contributed by atoms with E-state index >= 15 is 0 Å². The molecule has 9 heteroatoms. The van der Waals surface area contributed by atoms with Crippen molar-refractivity contribution < 1.29 is 47.7 Å². The van der Waals surface area contributed by atoms with Crippen LogP contribution in [0.5, 0.6) is 0 Å². The molecule has 0 aliphatic rings. The maximum absolute atomic E-state index is 12.4. The van der Waals surface area contributed by atoms with E-state index in [1.54, 1.807) is 0 Å². The van der Waals surface area contributed by atoms with E-state index in [0.29, 0.717) is 4.79 Å². The summed E-state index contributed by atoms with van der Waals surface area (Å²) >= 11 is 0. The fraction of sp³-hybridized carbons (Fsp3) is 0.143.